The number of hydrogen-bond donors (Lipinski definition) is 0. The molecule has 0 rings (SSSR count). The van der Waals surface area contributed by atoms with Crippen LogP contribution in [0.25, 0.3) is 0 Å². The standard InChI is InChI=1S/C67H122O6/c1-4-7-10-13-16-18-20-22-24-25-26-27-28-29-30-31-32-33-34-35-36-37-38-39-40-41-43-44-46-48-51-54-57-60-66(69)72-63-64(62-71-65(68)59-56-53-50-15-12-9-6-3)73-67(70)61-58-55-52-49-47-45-42-23-21-19-17-14-11-8-5-2/h8,11,17,19,23,42,47,49,64H,4-7,9-10,12-16,18,20-22,24-41,43-46,48,50-63H2,1-3H3/b11-8-,19-17-,42-23-,49-47-. The minimum atomic E-state index is -0.790. The van der Waals surface area contributed by atoms with Crippen molar-refractivity contribution in [3.05, 3.63) is 48.6 Å². The van der Waals surface area contributed by atoms with Gasteiger partial charge in [0.05, 0.1) is 0 Å². The second-order valence-electron chi connectivity index (χ2n) is 21.7. The lowest BCUT2D eigenvalue weighted by molar-refractivity contribution is -0.167. The maximum Gasteiger partial charge on any atom is 0.306 e. The predicted octanol–water partition coefficient (Wildman–Crippen LogP) is 21.8. The number of carbonyl (C=O) groups is 3. The van der Waals surface area contributed by atoms with Crippen molar-refractivity contribution in [2.24, 2.45) is 0 Å². The molecule has 6 heteroatoms. The van der Waals surface area contributed by atoms with Crippen molar-refractivity contribution < 1.29 is 28.6 Å². The number of ether oxygens (including phenoxy) is 3. The quantitative estimate of drug-likeness (QED) is 0.0261. The molecule has 0 radical (unpaired) electrons. The Morgan fingerprint density at radius 2 is 0.534 bits per heavy atom. The number of carbonyl (C=O) groups excluding carboxylic acids is 3. The molecule has 6 nitrogen and oxygen atoms in total. The van der Waals surface area contributed by atoms with Crippen LogP contribution in [-0.4, -0.2) is 37.2 Å². The van der Waals surface area contributed by atoms with Gasteiger partial charge < -0.3 is 14.2 Å². The third kappa shape index (κ3) is 60.1. The Bertz CT molecular complexity index is 1270. The van der Waals surface area contributed by atoms with Crippen LogP contribution >= 0.6 is 0 Å². The molecule has 0 aromatic rings. The maximum absolute atomic E-state index is 12.8. The normalized spacial score (nSPS) is 12.3. The van der Waals surface area contributed by atoms with E-state index in [1.165, 1.54) is 218 Å². The minimum absolute atomic E-state index is 0.0864. The molecule has 0 bridgehead atoms. The van der Waals surface area contributed by atoms with Gasteiger partial charge in [0.25, 0.3) is 0 Å². The first-order chi connectivity index (χ1) is 36.0. The average molecular weight is 1020 g/mol. The fourth-order valence-corrected chi connectivity index (χ4v) is 9.56. The molecular formula is C67H122O6. The van der Waals surface area contributed by atoms with E-state index < -0.39 is 6.10 Å². The highest BCUT2D eigenvalue weighted by atomic mass is 16.6. The van der Waals surface area contributed by atoms with Crippen LogP contribution in [0.4, 0.5) is 0 Å². The molecule has 0 spiro atoms. The number of rotatable bonds is 59. The van der Waals surface area contributed by atoms with Crippen LogP contribution in [-0.2, 0) is 28.6 Å². The molecule has 73 heavy (non-hydrogen) atoms. The molecule has 1 atom stereocenters. The van der Waals surface area contributed by atoms with Crippen LogP contribution in [0, 0.1) is 0 Å². The minimum Gasteiger partial charge on any atom is -0.462 e. The average Bonchev–Trinajstić information content (AvgIpc) is 3.39. The van der Waals surface area contributed by atoms with Crippen molar-refractivity contribution in [1.29, 1.82) is 0 Å². The smallest absolute Gasteiger partial charge is 0.306 e. The number of esters is 3. The molecule has 0 amide bonds. The van der Waals surface area contributed by atoms with Crippen LogP contribution in [0.2, 0.25) is 0 Å². The van der Waals surface area contributed by atoms with Gasteiger partial charge >= 0.3 is 17.9 Å². The van der Waals surface area contributed by atoms with Gasteiger partial charge in [-0.1, -0.05) is 313 Å². The molecular weight excluding hydrogens is 901 g/mol. The first-order valence-electron chi connectivity index (χ1n) is 32.1. The third-order valence-corrected chi connectivity index (χ3v) is 14.3. The number of hydrogen-bond acceptors (Lipinski definition) is 6. The van der Waals surface area contributed by atoms with Crippen LogP contribution in [0.5, 0.6) is 0 Å². The van der Waals surface area contributed by atoms with Gasteiger partial charge in [-0.25, -0.2) is 0 Å². The molecule has 0 saturated carbocycles. The monoisotopic (exact) mass is 1020 g/mol. The molecule has 0 aliphatic rings. The molecule has 0 fully saturated rings. The Kier molecular flexibility index (Phi) is 59.7. The fourth-order valence-electron chi connectivity index (χ4n) is 9.56. The summed E-state index contributed by atoms with van der Waals surface area (Å²) >= 11 is 0. The van der Waals surface area contributed by atoms with Crippen LogP contribution in [0.3, 0.4) is 0 Å². The molecule has 0 aliphatic carbocycles. The SMILES string of the molecule is CC/C=C\C/C=C\C/C=C\C/C=C\CCCCC(=O)OC(COC(=O)CCCCCCCCC)COC(=O)CCCCCCCCCCCCCCCCCCCCCCCCCCCCCCCCCCC. The summed E-state index contributed by atoms with van der Waals surface area (Å²) in [6.07, 6.45) is 77.6. The second-order valence-corrected chi connectivity index (χ2v) is 21.7. The lowest BCUT2D eigenvalue weighted by atomic mass is 10.0. The molecule has 0 aliphatic heterocycles. The van der Waals surface area contributed by atoms with Crippen molar-refractivity contribution >= 4 is 17.9 Å². The van der Waals surface area contributed by atoms with Crippen molar-refractivity contribution in [2.75, 3.05) is 13.2 Å². The highest BCUT2D eigenvalue weighted by Gasteiger charge is 2.19. The Hall–Kier alpha value is -2.63. The van der Waals surface area contributed by atoms with Crippen molar-refractivity contribution in [3.63, 3.8) is 0 Å². The van der Waals surface area contributed by atoms with E-state index >= 15 is 0 Å². The lowest BCUT2D eigenvalue weighted by Gasteiger charge is -2.18. The van der Waals surface area contributed by atoms with Gasteiger partial charge in [0, 0.05) is 19.3 Å². The zero-order valence-electron chi connectivity index (χ0n) is 48.9. The Labute approximate surface area is 454 Å². The van der Waals surface area contributed by atoms with Crippen molar-refractivity contribution in [1.82, 2.24) is 0 Å². The van der Waals surface area contributed by atoms with Crippen molar-refractivity contribution in [2.45, 2.75) is 348 Å². The van der Waals surface area contributed by atoms with E-state index in [4.69, 9.17) is 14.2 Å². The number of unbranched alkanes of at least 4 members (excludes halogenated alkanes) is 40. The van der Waals surface area contributed by atoms with E-state index in [2.05, 4.69) is 69.4 Å². The second kappa shape index (κ2) is 61.9. The summed E-state index contributed by atoms with van der Waals surface area (Å²) in [4.78, 5) is 37.9. The van der Waals surface area contributed by atoms with Crippen LogP contribution in [0.15, 0.2) is 48.6 Å². The highest BCUT2D eigenvalue weighted by Crippen LogP contribution is 2.18. The van der Waals surface area contributed by atoms with Crippen molar-refractivity contribution in [3.8, 4) is 0 Å². The van der Waals surface area contributed by atoms with Gasteiger partial charge in [0.1, 0.15) is 13.2 Å². The van der Waals surface area contributed by atoms with E-state index in [1.54, 1.807) is 0 Å². The van der Waals surface area contributed by atoms with Gasteiger partial charge in [0.15, 0.2) is 6.10 Å². The van der Waals surface area contributed by atoms with E-state index in [9.17, 15) is 14.4 Å². The van der Waals surface area contributed by atoms with E-state index in [1.807, 2.05) is 0 Å². The summed E-state index contributed by atoms with van der Waals surface area (Å²) in [5.74, 6) is -0.921. The van der Waals surface area contributed by atoms with Gasteiger partial charge in [-0.2, -0.15) is 0 Å². The lowest BCUT2D eigenvalue weighted by Crippen LogP contribution is -2.30. The van der Waals surface area contributed by atoms with Crippen LogP contribution in [0.1, 0.15) is 342 Å². The van der Waals surface area contributed by atoms with E-state index in [0.29, 0.717) is 19.3 Å². The van der Waals surface area contributed by atoms with Crippen LogP contribution < -0.4 is 0 Å². The maximum atomic E-state index is 12.8. The van der Waals surface area contributed by atoms with Gasteiger partial charge in [-0.05, 0) is 57.8 Å². The Balaban J connectivity index is 3.96. The number of allylic oxidation sites excluding steroid dienone is 8. The molecule has 426 valence electrons. The topological polar surface area (TPSA) is 78.9 Å². The molecule has 0 N–H and O–H groups in total. The summed E-state index contributed by atoms with van der Waals surface area (Å²) < 4.78 is 16.8. The Morgan fingerprint density at radius 3 is 0.836 bits per heavy atom. The predicted molar refractivity (Wildman–Crippen MR) is 316 cm³/mol. The van der Waals surface area contributed by atoms with Gasteiger partial charge in [0.2, 0.25) is 0 Å². The summed E-state index contributed by atoms with van der Waals surface area (Å²) in [7, 11) is 0. The molecule has 0 saturated heterocycles. The summed E-state index contributed by atoms with van der Waals surface area (Å²) in [5.41, 5.74) is 0. The molecule has 0 aromatic carbocycles. The third-order valence-electron chi connectivity index (χ3n) is 14.3. The highest BCUT2D eigenvalue weighted by molar-refractivity contribution is 5.71. The van der Waals surface area contributed by atoms with E-state index in [-0.39, 0.29) is 37.5 Å². The summed E-state index contributed by atoms with van der Waals surface area (Å²) in [6.45, 7) is 6.49. The summed E-state index contributed by atoms with van der Waals surface area (Å²) in [5, 5.41) is 0. The van der Waals surface area contributed by atoms with Gasteiger partial charge in [-0.3, -0.25) is 14.4 Å². The summed E-state index contributed by atoms with van der Waals surface area (Å²) in [6, 6.07) is 0. The fraction of sp³-hybridized carbons (Fsp3) is 0.836. The molecule has 1 unspecified atom stereocenters. The first kappa shape index (κ1) is 70.4. The van der Waals surface area contributed by atoms with E-state index in [0.717, 1.165) is 77.0 Å². The first-order valence-corrected chi connectivity index (χ1v) is 32.1. The molecule has 0 aromatic heterocycles. The Morgan fingerprint density at radius 1 is 0.288 bits per heavy atom. The largest absolute Gasteiger partial charge is 0.462 e. The molecule has 0 heterocycles. The zero-order chi connectivity index (χ0) is 52.9. The zero-order valence-corrected chi connectivity index (χ0v) is 48.9. The van der Waals surface area contributed by atoms with Gasteiger partial charge in [-0.15, -0.1) is 0 Å².